The zero-order valence-corrected chi connectivity index (χ0v) is 14.4. The predicted octanol–water partition coefficient (Wildman–Crippen LogP) is 5.33. The van der Waals surface area contributed by atoms with E-state index >= 15 is 0 Å². The molecule has 0 spiro atoms. The topological polar surface area (TPSA) is 51.2 Å². The highest BCUT2D eigenvalue weighted by Crippen LogP contribution is 2.35. The summed E-state index contributed by atoms with van der Waals surface area (Å²) in [4.78, 5) is 15.8. The number of carbonyl (C=O) groups is 1. The van der Waals surface area contributed by atoms with Gasteiger partial charge >= 0.3 is 12.3 Å². The zero-order valence-electron chi connectivity index (χ0n) is 14.4. The first kappa shape index (κ1) is 18.7. The van der Waals surface area contributed by atoms with Gasteiger partial charge < -0.3 is 10.1 Å². The number of carbonyl (C=O) groups excluding carboxylic acids is 1. The fourth-order valence-corrected chi connectivity index (χ4v) is 2.88. The molecule has 0 radical (unpaired) electrons. The van der Waals surface area contributed by atoms with Gasteiger partial charge in [-0.1, -0.05) is 48.5 Å². The Hall–Kier alpha value is -3.09. The molecule has 27 heavy (non-hydrogen) atoms. The van der Waals surface area contributed by atoms with Crippen molar-refractivity contribution >= 4 is 16.9 Å². The lowest BCUT2D eigenvalue weighted by atomic mass is 10.00. The van der Waals surface area contributed by atoms with Crippen molar-refractivity contribution in [2.75, 3.05) is 0 Å². The SMILES string of the molecule is C[C@@H](NC(=O)O[C@H](c1cccnc1)C(F)(F)F)c1cccc2ccccc12. The van der Waals surface area contributed by atoms with Crippen LogP contribution in [0, 0.1) is 0 Å². The Morgan fingerprint density at radius 1 is 1.07 bits per heavy atom. The van der Waals surface area contributed by atoms with E-state index < -0.39 is 24.4 Å². The molecule has 0 aliphatic rings. The minimum atomic E-state index is -4.75. The van der Waals surface area contributed by atoms with Crippen LogP contribution in [0.15, 0.2) is 67.0 Å². The molecule has 0 aliphatic heterocycles. The molecule has 2 aromatic carbocycles. The van der Waals surface area contributed by atoms with Crippen LogP contribution in [0.2, 0.25) is 0 Å². The lowest BCUT2D eigenvalue weighted by molar-refractivity contribution is -0.206. The summed E-state index contributed by atoms with van der Waals surface area (Å²) in [5, 5.41) is 4.36. The van der Waals surface area contributed by atoms with Crippen molar-refractivity contribution in [3.63, 3.8) is 0 Å². The molecule has 7 heteroatoms. The summed E-state index contributed by atoms with van der Waals surface area (Å²) in [7, 11) is 0. The number of pyridine rings is 1. The summed E-state index contributed by atoms with van der Waals surface area (Å²) < 4.78 is 44.6. The van der Waals surface area contributed by atoms with E-state index in [9.17, 15) is 18.0 Å². The molecule has 4 nitrogen and oxygen atoms in total. The minimum Gasteiger partial charge on any atom is -0.432 e. The highest BCUT2D eigenvalue weighted by molar-refractivity contribution is 5.86. The molecule has 0 saturated carbocycles. The molecule has 3 rings (SSSR count). The summed E-state index contributed by atoms with van der Waals surface area (Å²) in [6.07, 6.45) is -5.91. The molecule has 1 aromatic heterocycles. The lowest BCUT2D eigenvalue weighted by Crippen LogP contribution is -2.33. The molecule has 0 bridgehead atoms. The quantitative estimate of drug-likeness (QED) is 0.672. The highest BCUT2D eigenvalue weighted by atomic mass is 19.4. The molecule has 3 aromatic rings. The van der Waals surface area contributed by atoms with E-state index in [0.717, 1.165) is 22.5 Å². The third-order valence-electron chi connectivity index (χ3n) is 4.13. The maximum atomic E-state index is 13.3. The van der Waals surface area contributed by atoms with Gasteiger partial charge in [-0.15, -0.1) is 0 Å². The largest absolute Gasteiger partial charge is 0.432 e. The van der Waals surface area contributed by atoms with Crippen molar-refractivity contribution in [1.29, 1.82) is 0 Å². The van der Waals surface area contributed by atoms with Crippen LogP contribution in [0.4, 0.5) is 18.0 Å². The van der Waals surface area contributed by atoms with Crippen LogP contribution < -0.4 is 5.32 Å². The Morgan fingerprint density at radius 2 is 1.81 bits per heavy atom. The Bertz CT molecular complexity index is 924. The molecule has 140 valence electrons. The van der Waals surface area contributed by atoms with Crippen LogP contribution in [0.25, 0.3) is 10.8 Å². The van der Waals surface area contributed by atoms with Crippen molar-refractivity contribution < 1.29 is 22.7 Å². The molecular formula is C20H17F3N2O2. The van der Waals surface area contributed by atoms with Crippen LogP contribution in [-0.4, -0.2) is 17.3 Å². The van der Waals surface area contributed by atoms with Crippen molar-refractivity contribution in [3.05, 3.63) is 78.1 Å². The third-order valence-corrected chi connectivity index (χ3v) is 4.13. The van der Waals surface area contributed by atoms with Crippen LogP contribution >= 0.6 is 0 Å². The number of alkyl carbamates (subject to hydrolysis) is 1. The standard InChI is InChI=1S/C20H17F3N2O2/c1-13(16-10-4-7-14-6-2-3-9-17(14)16)25-19(26)27-18(20(21,22)23)15-8-5-11-24-12-15/h2-13,18H,1H3,(H,25,26)/t13-,18-/m1/s1. The number of fused-ring (bicyclic) bond motifs is 1. The lowest BCUT2D eigenvalue weighted by Gasteiger charge is -2.23. The van der Waals surface area contributed by atoms with Gasteiger partial charge in [0.1, 0.15) is 0 Å². The van der Waals surface area contributed by atoms with Gasteiger partial charge in [-0.05, 0) is 29.3 Å². The van der Waals surface area contributed by atoms with E-state index in [1.165, 1.54) is 18.3 Å². The van der Waals surface area contributed by atoms with Crippen molar-refractivity contribution in [3.8, 4) is 0 Å². The van der Waals surface area contributed by atoms with Gasteiger partial charge in [0.15, 0.2) is 0 Å². The van der Waals surface area contributed by atoms with Crippen molar-refractivity contribution in [2.45, 2.75) is 25.2 Å². The molecule has 1 amide bonds. The van der Waals surface area contributed by atoms with E-state index in [1.54, 1.807) is 6.92 Å². The Kier molecular flexibility index (Phi) is 5.30. The normalized spacial score (nSPS) is 13.8. The van der Waals surface area contributed by atoms with E-state index in [1.807, 2.05) is 42.5 Å². The Morgan fingerprint density at radius 3 is 2.52 bits per heavy atom. The number of benzene rings is 2. The summed E-state index contributed by atoms with van der Waals surface area (Å²) >= 11 is 0. The fourth-order valence-electron chi connectivity index (χ4n) is 2.88. The molecule has 0 aliphatic carbocycles. The third kappa shape index (κ3) is 4.36. The highest BCUT2D eigenvalue weighted by Gasteiger charge is 2.44. The summed E-state index contributed by atoms with van der Waals surface area (Å²) in [5.41, 5.74) is 0.549. The zero-order chi connectivity index (χ0) is 19.4. The molecule has 0 saturated heterocycles. The number of aromatic nitrogens is 1. The molecule has 1 N–H and O–H groups in total. The number of alkyl halides is 3. The van der Waals surface area contributed by atoms with Gasteiger partial charge in [0.25, 0.3) is 0 Å². The summed E-state index contributed by atoms with van der Waals surface area (Å²) in [6, 6.07) is 15.2. The van der Waals surface area contributed by atoms with E-state index in [4.69, 9.17) is 4.74 Å². The van der Waals surface area contributed by atoms with Crippen LogP contribution in [0.1, 0.15) is 30.2 Å². The van der Waals surface area contributed by atoms with Gasteiger partial charge in [0, 0.05) is 18.0 Å². The number of ether oxygens (including phenoxy) is 1. The number of hydrogen-bond acceptors (Lipinski definition) is 3. The van der Waals surface area contributed by atoms with Gasteiger partial charge in [-0.3, -0.25) is 4.98 Å². The van der Waals surface area contributed by atoms with E-state index in [-0.39, 0.29) is 5.56 Å². The fraction of sp³-hybridized carbons (Fsp3) is 0.200. The Balaban J connectivity index is 1.77. The van der Waals surface area contributed by atoms with Gasteiger partial charge in [-0.25, -0.2) is 4.79 Å². The first-order chi connectivity index (χ1) is 12.9. The molecular weight excluding hydrogens is 357 g/mol. The molecule has 0 fully saturated rings. The second kappa shape index (κ2) is 7.65. The van der Waals surface area contributed by atoms with Crippen LogP contribution in [0.5, 0.6) is 0 Å². The monoisotopic (exact) mass is 374 g/mol. The maximum Gasteiger partial charge on any atom is 0.429 e. The number of nitrogens with one attached hydrogen (secondary N) is 1. The van der Waals surface area contributed by atoms with Gasteiger partial charge in [0.05, 0.1) is 6.04 Å². The average molecular weight is 374 g/mol. The maximum absolute atomic E-state index is 13.3. The number of amides is 1. The second-order valence-electron chi connectivity index (χ2n) is 6.05. The van der Waals surface area contributed by atoms with E-state index in [2.05, 4.69) is 10.3 Å². The molecule has 1 heterocycles. The Labute approximate surface area is 154 Å². The minimum absolute atomic E-state index is 0.238. The molecule has 0 unspecified atom stereocenters. The van der Waals surface area contributed by atoms with Crippen LogP contribution in [0.3, 0.4) is 0 Å². The van der Waals surface area contributed by atoms with Crippen LogP contribution in [-0.2, 0) is 4.74 Å². The summed E-state index contributed by atoms with van der Waals surface area (Å²) in [5.74, 6) is 0. The second-order valence-corrected chi connectivity index (χ2v) is 6.05. The summed E-state index contributed by atoms with van der Waals surface area (Å²) in [6.45, 7) is 1.69. The molecule has 2 atom stereocenters. The first-order valence-electron chi connectivity index (χ1n) is 8.27. The number of hydrogen-bond donors (Lipinski definition) is 1. The smallest absolute Gasteiger partial charge is 0.429 e. The van der Waals surface area contributed by atoms with Crippen molar-refractivity contribution in [1.82, 2.24) is 10.3 Å². The predicted molar refractivity (Wildman–Crippen MR) is 95.0 cm³/mol. The first-order valence-corrected chi connectivity index (χ1v) is 8.27. The number of nitrogens with zero attached hydrogens (tertiary/aromatic N) is 1. The van der Waals surface area contributed by atoms with Gasteiger partial charge in [-0.2, -0.15) is 13.2 Å². The van der Waals surface area contributed by atoms with E-state index in [0.29, 0.717) is 0 Å². The number of rotatable bonds is 4. The van der Waals surface area contributed by atoms with Gasteiger partial charge in [0.2, 0.25) is 6.10 Å². The average Bonchev–Trinajstić information content (AvgIpc) is 2.65. The van der Waals surface area contributed by atoms with Crippen molar-refractivity contribution in [2.24, 2.45) is 0 Å². The number of halogens is 3.